The first-order chi connectivity index (χ1) is 11.4. The Bertz CT molecular complexity index is 760. The Hall–Kier alpha value is -0.920. The highest BCUT2D eigenvalue weighted by Crippen LogP contribution is 2.28. The number of methoxy groups -OCH3 is 1. The topological polar surface area (TPSA) is 55.4 Å². The summed E-state index contributed by atoms with van der Waals surface area (Å²) in [6.45, 7) is 0.321. The molecule has 2 aromatic rings. The van der Waals surface area contributed by atoms with E-state index in [2.05, 4.69) is 4.72 Å². The lowest BCUT2D eigenvalue weighted by molar-refractivity contribution is 0.414. The summed E-state index contributed by atoms with van der Waals surface area (Å²) in [6.07, 6.45) is 0. The van der Waals surface area contributed by atoms with Crippen LogP contribution in [0, 0.1) is 0 Å². The number of nitrogens with one attached hydrogen (secondary N) is 1. The molecule has 2 aromatic carbocycles. The Kier molecular flexibility index (Phi) is 7.25. The number of rotatable bonds is 8. The summed E-state index contributed by atoms with van der Waals surface area (Å²) in [7, 11) is -1.99. The maximum absolute atomic E-state index is 12.2. The lowest BCUT2D eigenvalue weighted by Gasteiger charge is -2.09. The van der Waals surface area contributed by atoms with Gasteiger partial charge in [0.1, 0.15) is 5.75 Å². The Morgan fingerprint density at radius 1 is 1.08 bits per heavy atom. The van der Waals surface area contributed by atoms with Crippen LogP contribution in [0.25, 0.3) is 0 Å². The largest absolute Gasteiger partial charge is 0.497 e. The van der Waals surface area contributed by atoms with Gasteiger partial charge < -0.3 is 4.74 Å². The van der Waals surface area contributed by atoms with Crippen molar-refractivity contribution in [3.63, 3.8) is 0 Å². The number of hydrogen-bond acceptors (Lipinski definition) is 4. The molecule has 0 radical (unpaired) electrons. The fourth-order valence-electron chi connectivity index (χ4n) is 1.93. The van der Waals surface area contributed by atoms with Gasteiger partial charge in [-0.05, 0) is 42.0 Å². The van der Waals surface area contributed by atoms with Gasteiger partial charge in [-0.3, -0.25) is 0 Å². The van der Waals surface area contributed by atoms with E-state index < -0.39 is 10.0 Å². The first kappa shape index (κ1) is 19.4. The maximum Gasteiger partial charge on any atom is 0.240 e. The average molecular weight is 406 g/mol. The number of halogens is 2. The molecule has 0 aliphatic carbocycles. The molecule has 0 amide bonds. The van der Waals surface area contributed by atoms with Gasteiger partial charge in [0.15, 0.2) is 0 Å². The number of thioether (sulfide) groups is 1. The van der Waals surface area contributed by atoms with E-state index in [0.29, 0.717) is 33.8 Å². The minimum absolute atomic E-state index is 0.211. The van der Waals surface area contributed by atoms with Crippen molar-refractivity contribution in [1.82, 2.24) is 4.72 Å². The van der Waals surface area contributed by atoms with Crippen molar-refractivity contribution in [1.29, 1.82) is 0 Å². The molecule has 0 bridgehead atoms. The fraction of sp³-hybridized carbons (Fsp3) is 0.250. The van der Waals surface area contributed by atoms with Gasteiger partial charge in [-0.25, -0.2) is 13.1 Å². The molecule has 0 heterocycles. The summed E-state index contributed by atoms with van der Waals surface area (Å²) in [5, 5.41) is 1.24. The van der Waals surface area contributed by atoms with E-state index in [9.17, 15) is 8.42 Å². The van der Waals surface area contributed by atoms with Gasteiger partial charge in [-0.15, -0.1) is 0 Å². The van der Waals surface area contributed by atoms with Gasteiger partial charge >= 0.3 is 0 Å². The molecular weight excluding hydrogens is 389 g/mol. The zero-order valence-electron chi connectivity index (χ0n) is 13.0. The number of sulfonamides is 1. The van der Waals surface area contributed by atoms with Gasteiger partial charge in [-0.2, -0.15) is 11.8 Å². The Morgan fingerprint density at radius 2 is 1.71 bits per heavy atom. The van der Waals surface area contributed by atoms with E-state index >= 15 is 0 Å². The van der Waals surface area contributed by atoms with Gasteiger partial charge in [0, 0.05) is 28.1 Å². The number of benzene rings is 2. The Labute approximate surface area is 156 Å². The van der Waals surface area contributed by atoms with Crippen LogP contribution in [-0.2, 0) is 15.8 Å². The van der Waals surface area contributed by atoms with Gasteiger partial charge in [-0.1, -0.05) is 29.3 Å². The normalized spacial score (nSPS) is 11.5. The molecule has 0 spiro atoms. The Balaban J connectivity index is 1.82. The second kappa shape index (κ2) is 8.97. The SMILES string of the molecule is COc1ccc(S(=O)(=O)NCCSCc2c(Cl)cccc2Cl)cc1. The van der Waals surface area contributed by atoms with Crippen molar-refractivity contribution in [2.75, 3.05) is 19.4 Å². The van der Waals surface area contributed by atoms with E-state index in [1.165, 1.54) is 19.2 Å². The third-order valence-corrected chi connectivity index (χ3v) is 6.39. The first-order valence-electron chi connectivity index (χ1n) is 7.08. The van der Waals surface area contributed by atoms with Crippen LogP contribution in [0.1, 0.15) is 5.56 Å². The van der Waals surface area contributed by atoms with Crippen molar-refractivity contribution in [2.45, 2.75) is 10.6 Å². The molecule has 4 nitrogen and oxygen atoms in total. The van der Waals surface area contributed by atoms with Crippen molar-refractivity contribution in [3.05, 3.63) is 58.1 Å². The maximum atomic E-state index is 12.2. The van der Waals surface area contributed by atoms with Crippen molar-refractivity contribution >= 4 is 45.0 Å². The van der Waals surface area contributed by atoms with Crippen LogP contribution in [0.5, 0.6) is 5.75 Å². The average Bonchev–Trinajstić information content (AvgIpc) is 2.57. The number of hydrogen-bond donors (Lipinski definition) is 1. The van der Waals surface area contributed by atoms with Crippen LogP contribution in [0.3, 0.4) is 0 Å². The molecule has 0 fully saturated rings. The van der Waals surface area contributed by atoms with E-state index in [1.807, 2.05) is 0 Å². The van der Waals surface area contributed by atoms with E-state index in [1.54, 1.807) is 42.1 Å². The van der Waals surface area contributed by atoms with Crippen LogP contribution in [0.15, 0.2) is 47.4 Å². The predicted molar refractivity (Wildman–Crippen MR) is 101 cm³/mol. The third-order valence-electron chi connectivity index (χ3n) is 3.22. The second-order valence-electron chi connectivity index (χ2n) is 4.83. The molecule has 0 aliphatic rings. The summed E-state index contributed by atoms with van der Waals surface area (Å²) in [6, 6.07) is 11.6. The standard InChI is InChI=1S/C16H17Cl2NO3S2/c1-22-12-5-7-13(8-6-12)24(20,21)19-9-10-23-11-14-15(17)3-2-4-16(14)18/h2-8,19H,9-11H2,1H3. The first-order valence-corrected chi connectivity index (χ1v) is 10.5. The van der Waals surface area contributed by atoms with E-state index in [-0.39, 0.29) is 4.90 Å². The van der Waals surface area contributed by atoms with Crippen molar-refractivity contribution < 1.29 is 13.2 Å². The third kappa shape index (κ3) is 5.29. The molecule has 0 saturated heterocycles. The highest BCUT2D eigenvalue weighted by atomic mass is 35.5. The zero-order chi connectivity index (χ0) is 17.6. The van der Waals surface area contributed by atoms with Crippen molar-refractivity contribution in [2.24, 2.45) is 0 Å². The molecule has 0 saturated carbocycles. The van der Waals surface area contributed by atoms with Gasteiger partial charge in [0.2, 0.25) is 10.0 Å². The molecule has 0 unspecified atom stereocenters. The molecule has 2 rings (SSSR count). The second-order valence-corrected chi connectivity index (χ2v) is 8.51. The highest BCUT2D eigenvalue weighted by molar-refractivity contribution is 7.98. The highest BCUT2D eigenvalue weighted by Gasteiger charge is 2.13. The summed E-state index contributed by atoms with van der Waals surface area (Å²) in [4.78, 5) is 0.211. The van der Waals surface area contributed by atoms with Crippen molar-refractivity contribution in [3.8, 4) is 5.75 Å². The monoisotopic (exact) mass is 405 g/mol. The molecule has 0 atom stereocenters. The smallest absolute Gasteiger partial charge is 0.240 e. The minimum atomic E-state index is -3.52. The lowest BCUT2D eigenvalue weighted by Crippen LogP contribution is -2.26. The van der Waals surface area contributed by atoms with Crippen LogP contribution < -0.4 is 9.46 Å². The van der Waals surface area contributed by atoms with Gasteiger partial charge in [0.05, 0.1) is 12.0 Å². The summed E-state index contributed by atoms with van der Waals surface area (Å²) in [5.41, 5.74) is 0.865. The quantitative estimate of drug-likeness (QED) is 0.668. The lowest BCUT2D eigenvalue weighted by atomic mass is 10.2. The van der Waals surface area contributed by atoms with Crippen LogP contribution >= 0.6 is 35.0 Å². The van der Waals surface area contributed by atoms with E-state index in [4.69, 9.17) is 27.9 Å². The predicted octanol–water partition coefficient (Wildman–Crippen LogP) is 4.21. The molecule has 8 heteroatoms. The fourth-order valence-corrected chi connectivity index (χ4v) is 4.69. The molecule has 24 heavy (non-hydrogen) atoms. The minimum Gasteiger partial charge on any atom is -0.497 e. The molecule has 0 aromatic heterocycles. The van der Waals surface area contributed by atoms with Crippen LogP contribution in [0.2, 0.25) is 10.0 Å². The Morgan fingerprint density at radius 3 is 2.29 bits per heavy atom. The van der Waals surface area contributed by atoms with E-state index in [0.717, 1.165) is 5.56 Å². The summed E-state index contributed by atoms with van der Waals surface area (Å²) in [5.74, 6) is 1.85. The van der Waals surface area contributed by atoms with Gasteiger partial charge in [0.25, 0.3) is 0 Å². The van der Waals surface area contributed by atoms with Crippen LogP contribution in [0.4, 0.5) is 0 Å². The molecule has 0 aliphatic heterocycles. The molecule has 1 N–H and O–H groups in total. The molecule has 130 valence electrons. The molecular formula is C16H17Cl2NO3S2. The zero-order valence-corrected chi connectivity index (χ0v) is 16.1. The number of ether oxygens (including phenoxy) is 1. The summed E-state index contributed by atoms with van der Waals surface area (Å²) < 4.78 is 31.9. The summed E-state index contributed by atoms with van der Waals surface area (Å²) >= 11 is 13.8. The van der Waals surface area contributed by atoms with Crippen LogP contribution in [-0.4, -0.2) is 27.8 Å².